The highest BCUT2D eigenvalue weighted by Crippen LogP contribution is 2.12. The van der Waals surface area contributed by atoms with Gasteiger partial charge in [0.15, 0.2) is 6.10 Å². The number of ether oxygens (including phenoxy) is 3. The van der Waals surface area contributed by atoms with Crippen LogP contribution in [0.1, 0.15) is 155 Å². The Morgan fingerprint density at radius 3 is 1.46 bits per heavy atom. The van der Waals surface area contributed by atoms with Crippen LogP contribution in [-0.2, 0) is 28.6 Å². The highest BCUT2D eigenvalue weighted by molar-refractivity contribution is 5.70. The summed E-state index contributed by atoms with van der Waals surface area (Å²) in [6, 6.07) is -0.736. The molecule has 0 aliphatic heterocycles. The molecule has 0 amide bonds. The van der Waals surface area contributed by atoms with Crippen molar-refractivity contribution in [1.82, 2.24) is 0 Å². The number of carbonyl (C=O) groups is 3. The Labute approximate surface area is 348 Å². The lowest BCUT2D eigenvalue weighted by atomic mass is 10.1. The van der Waals surface area contributed by atoms with Gasteiger partial charge in [0.05, 0.1) is 40.3 Å². The summed E-state index contributed by atoms with van der Waals surface area (Å²) in [5.74, 6) is -1.80. The van der Waals surface area contributed by atoms with Crippen molar-refractivity contribution in [2.75, 3.05) is 41.0 Å². The van der Waals surface area contributed by atoms with Gasteiger partial charge in [-0.25, -0.2) is 0 Å². The number of rotatable bonds is 38. The van der Waals surface area contributed by atoms with E-state index in [-0.39, 0.29) is 49.1 Å². The molecular formula is C49H81NO7. The largest absolute Gasteiger partial charge is 0.544 e. The van der Waals surface area contributed by atoms with Gasteiger partial charge in [0.1, 0.15) is 12.6 Å². The second-order valence-corrected chi connectivity index (χ2v) is 15.5. The van der Waals surface area contributed by atoms with Crippen molar-refractivity contribution in [3.05, 3.63) is 85.1 Å². The van der Waals surface area contributed by atoms with Crippen LogP contribution in [0.5, 0.6) is 0 Å². The van der Waals surface area contributed by atoms with Crippen LogP contribution in [0.4, 0.5) is 0 Å². The number of aliphatic carboxylic acids is 1. The van der Waals surface area contributed by atoms with Crippen LogP contribution in [-0.4, -0.2) is 75.5 Å². The Bertz CT molecular complexity index is 1200. The summed E-state index contributed by atoms with van der Waals surface area (Å²) in [5, 5.41) is 11.6. The summed E-state index contributed by atoms with van der Waals surface area (Å²) in [6.07, 6.45) is 50.4. The standard InChI is InChI=1S/C49H81NO7/c1-6-8-10-12-14-16-18-19-20-21-22-23-24-25-26-27-28-29-30-32-34-36-38-40-48(52)57-45(43-55-42-41-46(49(53)54)50(3,4)5)44-56-47(51)39-37-35-33-31-17-15-13-11-9-7-2/h8,10,13-16,19-20,22-23,25-26,28-29,45-46H,6-7,9,11-12,17-18,21,24,27,30-44H2,1-5H3/b10-8+,15-13+,16-14+,20-19+,23-22+,26-25+,29-28+. The molecule has 2 atom stereocenters. The quantitative estimate of drug-likeness (QED) is 0.0265. The molecule has 0 radical (unpaired) electrons. The molecule has 2 unspecified atom stereocenters. The molecule has 0 saturated carbocycles. The van der Waals surface area contributed by atoms with Gasteiger partial charge in [-0.1, -0.05) is 137 Å². The molecule has 0 spiro atoms. The topological polar surface area (TPSA) is 102 Å². The normalized spacial score (nSPS) is 13.8. The molecule has 0 aromatic heterocycles. The first kappa shape index (κ1) is 53.5. The fourth-order valence-corrected chi connectivity index (χ4v) is 5.82. The maximum Gasteiger partial charge on any atom is 0.306 e. The number of carboxylic acid groups (broad SMARTS) is 1. The van der Waals surface area contributed by atoms with Crippen LogP contribution in [0.3, 0.4) is 0 Å². The number of allylic oxidation sites excluding steroid dienone is 14. The molecule has 8 nitrogen and oxygen atoms in total. The summed E-state index contributed by atoms with van der Waals surface area (Å²) < 4.78 is 17.1. The summed E-state index contributed by atoms with van der Waals surface area (Å²) in [7, 11) is 5.38. The number of unbranched alkanes of at least 4 members (excludes halogenated alkanes) is 10. The van der Waals surface area contributed by atoms with E-state index in [9.17, 15) is 19.5 Å². The minimum Gasteiger partial charge on any atom is -0.544 e. The van der Waals surface area contributed by atoms with E-state index in [0.717, 1.165) is 109 Å². The molecule has 0 N–H and O–H groups in total. The van der Waals surface area contributed by atoms with Crippen molar-refractivity contribution in [2.24, 2.45) is 0 Å². The van der Waals surface area contributed by atoms with Crippen molar-refractivity contribution in [2.45, 2.75) is 167 Å². The molecule has 0 aromatic rings. The Morgan fingerprint density at radius 2 is 0.982 bits per heavy atom. The highest BCUT2D eigenvalue weighted by Gasteiger charge is 2.25. The molecule has 324 valence electrons. The second-order valence-electron chi connectivity index (χ2n) is 15.5. The fourth-order valence-electron chi connectivity index (χ4n) is 5.82. The van der Waals surface area contributed by atoms with Gasteiger partial charge in [0.2, 0.25) is 0 Å². The predicted molar refractivity (Wildman–Crippen MR) is 235 cm³/mol. The van der Waals surface area contributed by atoms with Crippen LogP contribution >= 0.6 is 0 Å². The third-order valence-electron chi connectivity index (χ3n) is 9.27. The maximum absolute atomic E-state index is 12.7. The van der Waals surface area contributed by atoms with E-state index in [4.69, 9.17) is 14.2 Å². The van der Waals surface area contributed by atoms with Gasteiger partial charge < -0.3 is 28.6 Å². The summed E-state index contributed by atoms with van der Waals surface area (Å²) in [5.41, 5.74) is 0. The van der Waals surface area contributed by atoms with E-state index >= 15 is 0 Å². The van der Waals surface area contributed by atoms with Gasteiger partial charge in [0, 0.05) is 19.3 Å². The van der Waals surface area contributed by atoms with Gasteiger partial charge in [-0.15, -0.1) is 0 Å². The van der Waals surface area contributed by atoms with E-state index in [1.165, 1.54) is 12.8 Å². The molecule has 0 heterocycles. The van der Waals surface area contributed by atoms with E-state index in [1.807, 2.05) is 0 Å². The van der Waals surface area contributed by atoms with Crippen molar-refractivity contribution in [3.8, 4) is 0 Å². The molecule has 0 fully saturated rings. The average Bonchev–Trinajstić information content (AvgIpc) is 3.17. The number of carbonyl (C=O) groups excluding carboxylic acids is 3. The molecule has 0 aliphatic carbocycles. The zero-order chi connectivity index (χ0) is 42.1. The molecule has 8 heteroatoms. The van der Waals surface area contributed by atoms with E-state index in [0.29, 0.717) is 6.42 Å². The Balaban J connectivity index is 4.37. The monoisotopic (exact) mass is 796 g/mol. The lowest BCUT2D eigenvalue weighted by molar-refractivity contribution is -0.889. The number of esters is 2. The smallest absolute Gasteiger partial charge is 0.306 e. The van der Waals surface area contributed by atoms with Crippen molar-refractivity contribution in [3.63, 3.8) is 0 Å². The maximum atomic E-state index is 12.7. The number of hydrogen-bond donors (Lipinski definition) is 0. The first-order valence-corrected chi connectivity index (χ1v) is 22.1. The fraction of sp³-hybridized carbons (Fsp3) is 0.653. The molecule has 0 rings (SSSR count). The summed E-state index contributed by atoms with van der Waals surface area (Å²) >= 11 is 0. The van der Waals surface area contributed by atoms with Crippen LogP contribution in [0.2, 0.25) is 0 Å². The van der Waals surface area contributed by atoms with Crippen molar-refractivity contribution < 1.29 is 38.2 Å². The van der Waals surface area contributed by atoms with Crippen molar-refractivity contribution in [1.29, 1.82) is 0 Å². The van der Waals surface area contributed by atoms with Gasteiger partial charge >= 0.3 is 11.9 Å². The SMILES string of the molecule is CC/C=C/C/C=C/C/C=C/C/C=C/C/C=C/C/C=C/CCCCCCC(=O)OC(COCCC(C(=O)[O-])[N+](C)(C)C)COC(=O)CCCCCC/C=C/CCCC. The third kappa shape index (κ3) is 37.8. The van der Waals surface area contributed by atoms with Gasteiger partial charge in [-0.2, -0.15) is 0 Å². The highest BCUT2D eigenvalue weighted by atomic mass is 16.6. The van der Waals surface area contributed by atoms with Gasteiger partial charge in [-0.3, -0.25) is 9.59 Å². The first-order valence-electron chi connectivity index (χ1n) is 22.1. The lowest BCUT2D eigenvalue weighted by Gasteiger charge is -2.34. The number of hydrogen-bond acceptors (Lipinski definition) is 7. The lowest BCUT2D eigenvalue weighted by Crippen LogP contribution is -2.55. The van der Waals surface area contributed by atoms with Crippen LogP contribution in [0.15, 0.2) is 85.1 Å². The van der Waals surface area contributed by atoms with Crippen LogP contribution in [0.25, 0.3) is 0 Å². The molecule has 0 aromatic carbocycles. The van der Waals surface area contributed by atoms with Gasteiger partial charge in [0.25, 0.3) is 0 Å². The summed E-state index contributed by atoms with van der Waals surface area (Å²) in [6.45, 7) is 4.44. The number of nitrogens with zero attached hydrogens (tertiary/aromatic N) is 1. The van der Waals surface area contributed by atoms with E-state index < -0.39 is 18.1 Å². The molecule has 57 heavy (non-hydrogen) atoms. The summed E-state index contributed by atoms with van der Waals surface area (Å²) in [4.78, 5) is 36.8. The molecule has 0 bridgehead atoms. The minimum atomic E-state index is -1.14. The van der Waals surface area contributed by atoms with E-state index in [2.05, 4.69) is 98.9 Å². The molecule has 0 aliphatic rings. The van der Waals surface area contributed by atoms with Crippen LogP contribution < -0.4 is 5.11 Å². The Morgan fingerprint density at radius 1 is 0.544 bits per heavy atom. The van der Waals surface area contributed by atoms with Crippen LogP contribution in [0, 0.1) is 0 Å². The predicted octanol–water partition coefficient (Wildman–Crippen LogP) is 10.8. The Kier molecular flexibility index (Phi) is 36.9. The average molecular weight is 796 g/mol. The number of quaternary nitrogens is 1. The second kappa shape index (κ2) is 39.3. The third-order valence-corrected chi connectivity index (χ3v) is 9.27. The first-order chi connectivity index (χ1) is 27.6. The van der Waals surface area contributed by atoms with E-state index in [1.54, 1.807) is 21.1 Å². The zero-order valence-corrected chi connectivity index (χ0v) is 36.7. The minimum absolute atomic E-state index is 0.0215. The Hall–Kier alpha value is -3.49. The number of carboxylic acids is 1. The number of likely N-dealkylation sites (N-methyl/N-ethyl adjacent to an activating group) is 1. The molecular weight excluding hydrogens is 715 g/mol. The zero-order valence-electron chi connectivity index (χ0n) is 36.7. The van der Waals surface area contributed by atoms with Crippen molar-refractivity contribution >= 4 is 17.9 Å². The van der Waals surface area contributed by atoms with Gasteiger partial charge in [-0.05, 0) is 83.5 Å². The molecule has 0 saturated heterocycles.